The molecule has 0 unspecified atom stereocenters. The van der Waals surface area contributed by atoms with Crippen molar-refractivity contribution in [2.45, 2.75) is 6.92 Å². The van der Waals surface area contributed by atoms with Crippen LogP contribution in [0, 0.1) is 6.92 Å². The second-order valence-electron chi connectivity index (χ2n) is 4.81. The van der Waals surface area contributed by atoms with E-state index in [1.165, 1.54) is 0 Å². The molecule has 2 N–H and O–H groups in total. The number of aryl methyl sites for hydroxylation is 1. The van der Waals surface area contributed by atoms with Crippen LogP contribution >= 0.6 is 15.9 Å². The maximum absolute atomic E-state index is 5.74. The molecule has 0 fully saturated rings. The molecule has 1 aromatic carbocycles. The number of pyridine rings is 1. The highest BCUT2D eigenvalue weighted by Gasteiger charge is 2.00. The molecule has 0 saturated carbocycles. The van der Waals surface area contributed by atoms with Gasteiger partial charge < -0.3 is 5.73 Å². The van der Waals surface area contributed by atoms with E-state index in [2.05, 4.69) is 31.0 Å². The van der Waals surface area contributed by atoms with Gasteiger partial charge in [-0.1, -0.05) is 24.3 Å². The highest BCUT2D eigenvalue weighted by molar-refractivity contribution is 9.10. The van der Waals surface area contributed by atoms with Crippen LogP contribution in [-0.4, -0.2) is 20.9 Å². The molecule has 0 bridgehead atoms. The van der Waals surface area contributed by atoms with Crippen molar-refractivity contribution >= 4 is 28.1 Å². The van der Waals surface area contributed by atoms with Crippen molar-refractivity contribution in [3.63, 3.8) is 0 Å². The Balaban J connectivity index is 1.79. The summed E-state index contributed by atoms with van der Waals surface area (Å²) in [7, 11) is 0. The lowest BCUT2D eigenvalue weighted by atomic mass is 10.1. The Morgan fingerprint density at radius 2 is 1.95 bits per heavy atom. The van der Waals surface area contributed by atoms with E-state index in [-0.39, 0.29) is 0 Å². The van der Waals surface area contributed by atoms with Gasteiger partial charge in [-0.3, -0.25) is 4.98 Å². The number of nitrogens with zero attached hydrogens (tertiary/aromatic N) is 4. The molecule has 3 aromatic rings. The highest BCUT2D eigenvalue weighted by Crippen LogP contribution is 2.19. The summed E-state index contributed by atoms with van der Waals surface area (Å²) in [5, 5.41) is 4.29. The Morgan fingerprint density at radius 1 is 1.18 bits per heavy atom. The van der Waals surface area contributed by atoms with E-state index >= 15 is 0 Å². The van der Waals surface area contributed by atoms with Gasteiger partial charge in [0, 0.05) is 16.2 Å². The maximum Gasteiger partial charge on any atom is 0.221 e. The van der Waals surface area contributed by atoms with E-state index in [0.29, 0.717) is 5.95 Å². The van der Waals surface area contributed by atoms with Crippen LogP contribution in [0.5, 0.6) is 0 Å². The molecule has 0 amide bonds. The minimum Gasteiger partial charge on any atom is -0.368 e. The molecule has 22 heavy (non-hydrogen) atoms. The first-order valence-electron chi connectivity index (χ1n) is 6.69. The summed E-state index contributed by atoms with van der Waals surface area (Å²) in [4.78, 5) is 8.48. The van der Waals surface area contributed by atoms with Gasteiger partial charge in [0.05, 0.1) is 23.8 Å². The van der Waals surface area contributed by atoms with Gasteiger partial charge in [-0.15, -0.1) is 0 Å². The van der Waals surface area contributed by atoms with Gasteiger partial charge in [0.25, 0.3) is 0 Å². The average Bonchev–Trinajstić information content (AvgIpc) is 2.84. The van der Waals surface area contributed by atoms with Crippen LogP contribution in [-0.2, 0) is 0 Å². The molecular formula is C16H14BrN5. The second kappa shape index (κ2) is 6.11. The first kappa shape index (κ1) is 14.5. The van der Waals surface area contributed by atoms with Crippen molar-refractivity contribution in [3.8, 4) is 11.3 Å². The summed E-state index contributed by atoms with van der Waals surface area (Å²) < 4.78 is 2.52. The van der Waals surface area contributed by atoms with Crippen LogP contribution in [0.2, 0.25) is 0 Å². The average molecular weight is 356 g/mol. The van der Waals surface area contributed by atoms with Crippen LogP contribution in [0.1, 0.15) is 11.3 Å². The summed E-state index contributed by atoms with van der Waals surface area (Å²) in [5.74, 6) is 0.379. The monoisotopic (exact) mass is 355 g/mol. The number of halogens is 1. The third-order valence-electron chi connectivity index (χ3n) is 3.10. The van der Waals surface area contributed by atoms with Crippen molar-refractivity contribution in [1.82, 2.24) is 14.6 Å². The highest BCUT2D eigenvalue weighted by atomic mass is 79.9. The second-order valence-corrected chi connectivity index (χ2v) is 5.73. The zero-order valence-electron chi connectivity index (χ0n) is 11.9. The van der Waals surface area contributed by atoms with Crippen LogP contribution in [0.15, 0.2) is 58.4 Å². The molecule has 6 heteroatoms. The molecule has 0 spiro atoms. The number of nitrogens with two attached hydrogens (primary N) is 1. The molecule has 5 nitrogen and oxygen atoms in total. The van der Waals surface area contributed by atoms with Crippen LogP contribution in [0.4, 0.5) is 5.95 Å². The summed E-state index contributed by atoms with van der Waals surface area (Å²) in [6.45, 7) is 1.88. The van der Waals surface area contributed by atoms with Gasteiger partial charge in [0.15, 0.2) is 0 Å². The third kappa shape index (κ3) is 3.23. The summed E-state index contributed by atoms with van der Waals surface area (Å²) in [6, 6.07) is 12.0. The van der Waals surface area contributed by atoms with Gasteiger partial charge in [-0.2, -0.15) is 5.10 Å². The van der Waals surface area contributed by atoms with E-state index in [1.54, 1.807) is 23.3 Å². The van der Waals surface area contributed by atoms with Crippen molar-refractivity contribution in [3.05, 3.63) is 64.5 Å². The van der Waals surface area contributed by atoms with E-state index in [4.69, 9.17) is 5.73 Å². The number of hydrogen-bond donors (Lipinski definition) is 1. The van der Waals surface area contributed by atoms with Crippen LogP contribution < -0.4 is 5.73 Å². The molecule has 0 aliphatic rings. The fourth-order valence-corrected chi connectivity index (χ4v) is 2.25. The third-order valence-corrected chi connectivity index (χ3v) is 3.57. The van der Waals surface area contributed by atoms with Gasteiger partial charge in [0.1, 0.15) is 0 Å². The Kier molecular flexibility index (Phi) is 4.02. The smallest absolute Gasteiger partial charge is 0.221 e. The predicted octanol–water partition coefficient (Wildman–Crippen LogP) is 3.48. The van der Waals surface area contributed by atoms with E-state index in [9.17, 15) is 0 Å². The van der Waals surface area contributed by atoms with Crippen LogP contribution in [0.3, 0.4) is 0 Å². The topological polar surface area (TPSA) is 69.1 Å². The Bertz CT molecular complexity index is 804. The van der Waals surface area contributed by atoms with Crippen LogP contribution in [0.25, 0.3) is 11.3 Å². The summed E-state index contributed by atoms with van der Waals surface area (Å²) >= 11 is 3.38. The number of anilines is 1. The molecule has 0 aliphatic heterocycles. The fourth-order valence-electron chi connectivity index (χ4n) is 2.01. The van der Waals surface area contributed by atoms with Crippen molar-refractivity contribution in [2.75, 3.05) is 5.73 Å². The molecule has 0 aliphatic carbocycles. The molecule has 0 atom stereocenters. The van der Waals surface area contributed by atoms with Crippen molar-refractivity contribution < 1.29 is 0 Å². The van der Waals surface area contributed by atoms with Gasteiger partial charge in [-0.05, 0) is 40.5 Å². The summed E-state index contributed by atoms with van der Waals surface area (Å²) in [5.41, 5.74) is 9.55. The maximum atomic E-state index is 5.74. The normalized spacial score (nSPS) is 11.2. The SMILES string of the molecule is Cc1cn(N=Cc2ccc(-c3ccc(Br)cn3)cc2)c(N)n1. The number of imidazole rings is 1. The fraction of sp³-hybridized carbons (Fsp3) is 0.0625. The first-order valence-corrected chi connectivity index (χ1v) is 7.49. The summed E-state index contributed by atoms with van der Waals surface area (Å²) in [6.07, 6.45) is 5.32. The van der Waals surface area contributed by atoms with Gasteiger partial charge >= 0.3 is 0 Å². The first-order chi connectivity index (χ1) is 10.6. The molecular weight excluding hydrogens is 342 g/mol. The van der Waals surface area contributed by atoms with E-state index in [1.807, 2.05) is 43.3 Å². The van der Waals surface area contributed by atoms with Crippen molar-refractivity contribution in [2.24, 2.45) is 5.10 Å². The number of rotatable bonds is 3. The molecule has 110 valence electrons. The Hall–Kier alpha value is -2.47. The van der Waals surface area contributed by atoms with Gasteiger partial charge in [-0.25, -0.2) is 9.66 Å². The lowest BCUT2D eigenvalue weighted by Crippen LogP contribution is -1.96. The predicted molar refractivity (Wildman–Crippen MR) is 91.7 cm³/mol. The Morgan fingerprint density at radius 3 is 2.55 bits per heavy atom. The zero-order valence-corrected chi connectivity index (χ0v) is 13.5. The minimum absolute atomic E-state index is 0.379. The number of aromatic nitrogens is 3. The lowest BCUT2D eigenvalue weighted by molar-refractivity contribution is 0.897. The van der Waals surface area contributed by atoms with Gasteiger partial charge in [0.2, 0.25) is 5.95 Å². The van der Waals surface area contributed by atoms with E-state index in [0.717, 1.165) is 27.0 Å². The zero-order chi connectivity index (χ0) is 15.5. The quantitative estimate of drug-likeness (QED) is 0.731. The molecule has 0 saturated heterocycles. The number of benzene rings is 1. The van der Waals surface area contributed by atoms with Crippen molar-refractivity contribution in [1.29, 1.82) is 0 Å². The Labute approximate surface area is 136 Å². The number of nitrogen functional groups attached to an aromatic ring is 1. The standard InChI is InChI=1S/C16H14BrN5/c1-11-10-22(16(18)21-11)20-8-12-2-4-13(5-3-12)15-7-6-14(17)9-19-15/h2-10H,1H3,(H2,18,21). The molecule has 0 radical (unpaired) electrons. The molecule has 2 aromatic heterocycles. The molecule has 2 heterocycles. The minimum atomic E-state index is 0.379. The largest absolute Gasteiger partial charge is 0.368 e. The lowest BCUT2D eigenvalue weighted by Gasteiger charge is -2.01. The number of hydrogen-bond acceptors (Lipinski definition) is 4. The molecule has 3 rings (SSSR count). The van der Waals surface area contributed by atoms with E-state index < -0.39 is 0 Å².